The van der Waals surface area contributed by atoms with E-state index in [1.54, 1.807) is 0 Å². The molecule has 0 atom stereocenters. The first-order valence-electron chi connectivity index (χ1n) is 8.86. The second kappa shape index (κ2) is 8.85. The van der Waals surface area contributed by atoms with Gasteiger partial charge in [0.15, 0.2) is 0 Å². The highest BCUT2D eigenvalue weighted by atomic mass is 32.2. The maximum atomic E-state index is 12.8. The van der Waals surface area contributed by atoms with Crippen LogP contribution in [0.5, 0.6) is 0 Å². The van der Waals surface area contributed by atoms with E-state index in [9.17, 15) is 36.5 Å². The number of anilines is 1. The Morgan fingerprint density at radius 1 is 1.19 bits per heavy atom. The van der Waals surface area contributed by atoms with Crippen molar-refractivity contribution < 1.29 is 31.3 Å². The molecule has 1 saturated carbocycles. The molecule has 2 aromatic rings. The Morgan fingerprint density at radius 3 is 2.52 bits per heavy atom. The lowest BCUT2D eigenvalue weighted by molar-refractivity contribution is -0.388. The monoisotopic (exact) mass is 475 g/mol. The summed E-state index contributed by atoms with van der Waals surface area (Å²) in [4.78, 5) is 22.2. The Morgan fingerprint density at radius 2 is 1.90 bits per heavy atom. The number of thioether (sulfide) groups is 1. The number of hydrogen-bond donors (Lipinski definition) is 2. The van der Waals surface area contributed by atoms with Gasteiger partial charge >= 0.3 is 6.18 Å². The number of nitrogens with zero attached hydrogens (tertiary/aromatic N) is 1. The minimum atomic E-state index is -4.73. The van der Waals surface area contributed by atoms with Crippen molar-refractivity contribution in [3.05, 3.63) is 58.1 Å². The number of carbonyl (C=O) groups is 1. The number of halogens is 3. The largest absolute Gasteiger partial charge is 0.416 e. The molecule has 0 unspecified atom stereocenters. The zero-order chi connectivity index (χ0) is 22.8. The normalized spacial score (nSPS) is 14.3. The van der Waals surface area contributed by atoms with Gasteiger partial charge in [0.2, 0.25) is 15.9 Å². The van der Waals surface area contributed by atoms with Crippen molar-refractivity contribution in [1.29, 1.82) is 0 Å². The van der Waals surface area contributed by atoms with Crippen molar-refractivity contribution in [2.45, 2.75) is 34.9 Å². The fraction of sp³-hybridized carbons (Fsp3) is 0.278. The van der Waals surface area contributed by atoms with Crippen LogP contribution >= 0.6 is 11.8 Å². The first-order chi connectivity index (χ1) is 14.5. The SMILES string of the molecule is O=C(CSc1ccc(C(F)(F)F)cc1[N+](=O)[O-])Nc1cccc(S(=O)(=O)NC2CC2)c1. The molecule has 0 bridgehead atoms. The van der Waals surface area contributed by atoms with Gasteiger partial charge in [-0.3, -0.25) is 14.9 Å². The highest BCUT2D eigenvalue weighted by Crippen LogP contribution is 2.36. The fourth-order valence-electron chi connectivity index (χ4n) is 2.53. The zero-order valence-corrected chi connectivity index (χ0v) is 17.3. The molecule has 8 nitrogen and oxygen atoms in total. The molecule has 0 heterocycles. The van der Waals surface area contributed by atoms with Crippen LogP contribution < -0.4 is 10.0 Å². The summed E-state index contributed by atoms with van der Waals surface area (Å²) in [5, 5.41) is 13.6. The minimum Gasteiger partial charge on any atom is -0.325 e. The van der Waals surface area contributed by atoms with E-state index in [-0.39, 0.29) is 27.3 Å². The third kappa shape index (κ3) is 6.18. The first-order valence-corrected chi connectivity index (χ1v) is 11.3. The van der Waals surface area contributed by atoms with E-state index in [0.717, 1.165) is 18.9 Å². The third-order valence-electron chi connectivity index (χ3n) is 4.17. The number of benzene rings is 2. The highest BCUT2D eigenvalue weighted by Gasteiger charge is 2.33. The summed E-state index contributed by atoms with van der Waals surface area (Å²) in [5.74, 6) is -0.937. The Hall–Kier alpha value is -2.64. The Kier molecular flexibility index (Phi) is 6.57. The van der Waals surface area contributed by atoms with Gasteiger partial charge in [0.05, 0.1) is 26.0 Å². The third-order valence-corrected chi connectivity index (χ3v) is 6.75. The molecule has 2 aromatic carbocycles. The lowest BCUT2D eigenvalue weighted by Gasteiger charge is -2.10. The van der Waals surface area contributed by atoms with Crippen LogP contribution in [-0.2, 0) is 21.0 Å². The van der Waals surface area contributed by atoms with Gasteiger partial charge in [0.1, 0.15) is 0 Å². The van der Waals surface area contributed by atoms with E-state index in [1.165, 1.54) is 24.3 Å². The molecule has 0 saturated heterocycles. The van der Waals surface area contributed by atoms with Crippen molar-refractivity contribution in [3.8, 4) is 0 Å². The zero-order valence-electron chi connectivity index (χ0n) is 15.7. The van der Waals surface area contributed by atoms with Gasteiger partial charge < -0.3 is 5.32 Å². The van der Waals surface area contributed by atoms with Crippen molar-refractivity contribution in [1.82, 2.24) is 4.72 Å². The summed E-state index contributed by atoms with van der Waals surface area (Å²) in [6.45, 7) is 0. The van der Waals surface area contributed by atoms with Crippen LogP contribution in [-0.4, -0.2) is 31.0 Å². The Bertz CT molecular complexity index is 1120. The van der Waals surface area contributed by atoms with E-state index in [0.29, 0.717) is 23.9 Å². The Balaban J connectivity index is 1.67. The lowest BCUT2D eigenvalue weighted by atomic mass is 10.2. The molecule has 0 radical (unpaired) electrons. The van der Waals surface area contributed by atoms with Crippen molar-refractivity contribution in [2.75, 3.05) is 11.1 Å². The van der Waals surface area contributed by atoms with Gasteiger partial charge in [-0.05, 0) is 43.2 Å². The van der Waals surface area contributed by atoms with Gasteiger partial charge in [0, 0.05) is 17.8 Å². The molecule has 166 valence electrons. The minimum absolute atomic E-state index is 0.0248. The van der Waals surface area contributed by atoms with Gasteiger partial charge in [0.25, 0.3) is 5.69 Å². The molecule has 1 aliphatic carbocycles. The number of rotatable bonds is 8. The molecule has 1 aliphatic rings. The maximum absolute atomic E-state index is 12.8. The fourth-order valence-corrected chi connectivity index (χ4v) is 4.68. The summed E-state index contributed by atoms with van der Waals surface area (Å²) in [5.41, 5.74) is -1.72. The smallest absolute Gasteiger partial charge is 0.325 e. The molecule has 13 heteroatoms. The molecule has 2 N–H and O–H groups in total. The average molecular weight is 475 g/mol. The number of nitro groups is 1. The Labute approximate surface area is 179 Å². The molecular weight excluding hydrogens is 459 g/mol. The molecule has 1 fully saturated rings. The number of hydrogen-bond acceptors (Lipinski definition) is 6. The average Bonchev–Trinajstić information content (AvgIpc) is 3.49. The lowest BCUT2D eigenvalue weighted by Crippen LogP contribution is -2.25. The summed E-state index contributed by atoms with van der Waals surface area (Å²) >= 11 is 0.697. The maximum Gasteiger partial charge on any atom is 0.416 e. The van der Waals surface area contributed by atoms with Gasteiger partial charge in [-0.25, -0.2) is 13.1 Å². The van der Waals surface area contributed by atoms with Crippen molar-refractivity contribution in [3.63, 3.8) is 0 Å². The number of nitrogens with one attached hydrogen (secondary N) is 2. The predicted molar refractivity (Wildman–Crippen MR) is 107 cm³/mol. The molecule has 3 rings (SSSR count). The van der Waals surface area contributed by atoms with Crippen LogP contribution in [0.4, 0.5) is 24.5 Å². The number of amides is 1. The van der Waals surface area contributed by atoms with E-state index in [4.69, 9.17) is 0 Å². The summed E-state index contributed by atoms with van der Waals surface area (Å²) in [6.07, 6.45) is -3.20. The molecule has 31 heavy (non-hydrogen) atoms. The van der Waals surface area contributed by atoms with Crippen molar-refractivity contribution >= 4 is 39.1 Å². The van der Waals surface area contributed by atoms with Crippen LogP contribution in [0.3, 0.4) is 0 Å². The molecule has 0 spiro atoms. The van der Waals surface area contributed by atoms with Crippen molar-refractivity contribution in [2.24, 2.45) is 0 Å². The number of sulfonamides is 1. The summed E-state index contributed by atoms with van der Waals surface area (Å²) in [7, 11) is -3.72. The summed E-state index contributed by atoms with van der Waals surface area (Å²) in [6, 6.07) is 7.55. The van der Waals surface area contributed by atoms with E-state index < -0.39 is 38.3 Å². The van der Waals surface area contributed by atoms with Gasteiger partial charge in [-0.2, -0.15) is 13.2 Å². The van der Waals surface area contributed by atoms with E-state index in [2.05, 4.69) is 10.0 Å². The first kappa shape index (κ1) is 23.0. The molecule has 1 amide bonds. The standard InChI is InChI=1S/C18H16F3N3O5S2/c19-18(20,21)11-4-7-16(15(8-11)24(26)27)30-10-17(25)22-13-2-1-3-14(9-13)31(28,29)23-12-5-6-12/h1-4,7-9,12,23H,5-6,10H2,(H,22,25). The number of alkyl halides is 3. The van der Waals surface area contributed by atoms with Gasteiger partial charge in [-0.15, -0.1) is 11.8 Å². The second-order valence-electron chi connectivity index (χ2n) is 6.70. The van der Waals surface area contributed by atoms with E-state index in [1.807, 2.05) is 0 Å². The van der Waals surface area contributed by atoms with E-state index >= 15 is 0 Å². The van der Waals surface area contributed by atoms with Crippen LogP contribution in [0.15, 0.2) is 52.3 Å². The topological polar surface area (TPSA) is 118 Å². The van der Waals surface area contributed by atoms with Crippen LogP contribution in [0.2, 0.25) is 0 Å². The molecule has 0 aromatic heterocycles. The number of nitro benzene ring substituents is 1. The van der Waals surface area contributed by atoms with Crippen LogP contribution in [0.25, 0.3) is 0 Å². The molecule has 0 aliphatic heterocycles. The van der Waals surface area contributed by atoms with Crippen LogP contribution in [0, 0.1) is 10.1 Å². The number of carbonyl (C=O) groups excluding carboxylic acids is 1. The quantitative estimate of drug-likeness (QED) is 0.341. The second-order valence-corrected chi connectivity index (χ2v) is 9.43. The van der Waals surface area contributed by atoms with Crippen LogP contribution in [0.1, 0.15) is 18.4 Å². The van der Waals surface area contributed by atoms with Gasteiger partial charge in [-0.1, -0.05) is 6.07 Å². The predicted octanol–water partition coefficient (Wildman–Crippen LogP) is 3.79. The highest BCUT2D eigenvalue weighted by molar-refractivity contribution is 8.00. The summed E-state index contributed by atoms with van der Waals surface area (Å²) < 4.78 is 65.3. The molecular formula is C18H16F3N3O5S2.